The molecular weight excluding hydrogens is 396 g/mol. The first-order chi connectivity index (χ1) is 15.7. The molecule has 4 N–H and O–H groups in total. The first kappa shape index (κ1) is 24.9. The first-order valence-corrected chi connectivity index (χ1v) is 14.5. The highest BCUT2D eigenvalue weighted by molar-refractivity contribution is 4.94. The van der Waals surface area contributed by atoms with Crippen LogP contribution in [0.5, 0.6) is 0 Å². The summed E-state index contributed by atoms with van der Waals surface area (Å²) in [5.74, 6) is 4.12. The van der Waals surface area contributed by atoms with E-state index in [2.05, 4.69) is 10.6 Å². The molecular formula is C28H52N2O2. The molecule has 4 atom stereocenters. The van der Waals surface area contributed by atoms with E-state index in [0.717, 1.165) is 49.4 Å². The third kappa shape index (κ3) is 6.93. The lowest BCUT2D eigenvalue weighted by Crippen LogP contribution is -2.52. The molecule has 4 fully saturated rings. The van der Waals surface area contributed by atoms with Crippen LogP contribution in [0.3, 0.4) is 0 Å². The third-order valence-electron chi connectivity index (χ3n) is 9.87. The fourth-order valence-corrected chi connectivity index (χ4v) is 8.03. The van der Waals surface area contributed by atoms with Crippen molar-refractivity contribution in [2.24, 2.45) is 29.6 Å². The monoisotopic (exact) mass is 448 g/mol. The predicted octanol–water partition coefficient (Wildman–Crippen LogP) is 5.02. The van der Waals surface area contributed by atoms with E-state index in [0.29, 0.717) is 24.6 Å². The Balaban J connectivity index is 1.41. The molecule has 0 aromatic heterocycles. The fraction of sp³-hybridized carbons (Fsp3) is 1.00. The number of rotatable bonds is 9. The number of aliphatic hydroxyl groups is 2. The van der Waals surface area contributed by atoms with Gasteiger partial charge in [0.25, 0.3) is 0 Å². The van der Waals surface area contributed by atoms with Crippen molar-refractivity contribution in [3.8, 4) is 0 Å². The molecule has 4 nitrogen and oxygen atoms in total. The molecule has 4 aliphatic rings. The van der Waals surface area contributed by atoms with E-state index >= 15 is 0 Å². The number of nitrogens with one attached hydrogen (secondary N) is 2. The molecule has 0 spiro atoms. The highest BCUT2D eigenvalue weighted by Gasteiger charge is 2.38. The van der Waals surface area contributed by atoms with Crippen LogP contribution in [0.4, 0.5) is 0 Å². The normalized spacial score (nSPS) is 35.4. The predicted molar refractivity (Wildman–Crippen MR) is 133 cm³/mol. The molecule has 0 aromatic rings. The lowest BCUT2D eigenvalue weighted by Gasteiger charge is -2.45. The van der Waals surface area contributed by atoms with Gasteiger partial charge in [0, 0.05) is 18.7 Å². The summed E-state index contributed by atoms with van der Waals surface area (Å²) in [5, 5.41) is 27.9. The van der Waals surface area contributed by atoms with Gasteiger partial charge in [-0.2, -0.15) is 0 Å². The Bertz CT molecular complexity index is 510. The third-order valence-corrected chi connectivity index (χ3v) is 9.87. The van der Waals surface area contributed by atoms with Gasteiger partial charge in [-0.1, -0.05) is 25.7 Å². The quantitative estimate of drug-likeness (QED) is 0.400. The Morgan fingerprint density at radius 3 is 2.09 bits per heavy atom. The maximum absolute atomic E-state index is 10.5. The van der Waals surface area contributed by atoms with Gasteiger partial charge in [0.15, 0.2) is 0 Å². The van der Waals surface area contributed by atoms with Crippen LogP contribution in [0, 0.1) is 29.6 Å². The zero-order valence-electron chi connectivity index (χ0n) is 20.7. The zero-order chi connectivity index (χ0) is 22.2. The minimum atomic E-state index is -0.0882. The van der Waals surface area contributed by atoms with Crippen molar-refractivity contribution in [1.82, 2.24) is 10.6 Å². The summed E-state index contributed by atoms with van der Waals surface area (Å²) in [6.45, 7) is 2.77. The van der Waals surface area contributed by atoms with Crippen LogP contribution in [0.1, 0.15) is 109 Å². The molecule has 0 aromatic carbocycles. The summed E-state index contributed by atoms with van der Waals surface area (Å²) in [6.07, 6.45) is 21.8. The molecule has 4 heteroatoms. The maximum atomic E-state index is 10.5. The lowest BCUT2D eigenvalue weighted by atomic mass is 9.67. The van der Waals surface area contributed by atoms with Crippen LogP contribution in [0.25, 0.3) is 0 Å². The van der Waals surface area contributed by atoms with Gasteiger partial charge < -0.3 is 20.8 Å². The number of hydrogen-bond acceptors (Lipinski definition) is 4. The molecule has 0 amide bonds. The second kappa shape index (κ2) is 13.1. The minimum Gasteiger partial charge on any atom is -0.396 e. The van der Waals surface area contributed by atoms with E-state index in [-0.39, 0.29) is 6.10 Å². The van der Waals surface area contributed by atoms with Gasteiger partial charge in [0.1, 0.15) is 0 Å². The van der Waals surface area contributed by atoms with Gasteiger partial charge in [-0.25, -0.2) is 0 Å². The van der Waals surface area contributed by atoms with Gasteiger partial charge >= 0.3 is 0 Å². The summed E-state index contributed by atoms with van der Waals surface area (Å²) in [4.78, 5) is 0. The van der Waals surface area contributed by atoms with Crippen molar-refractivity contribution in [1.29, 1.82) is 0 Å². The highest BCUT2D eigenvalue weighted by Crippen LogP contribution is 2.42. The SMILES string of the molecule is OCCC[C@@H](NC(C1CCC(C2CCNCC2)CC1)C1CCCC(O)C1)C1CCCCC1. The molecule has 0 radical (unpaired) electrons. The second-order valence-corrected chi connectivity index (χ2v) is 11.9. The fourth-order valence-electron chi connectivity index (χ4n) is 8.03. The molecule has 186 valence electrons. The van der Waals surface area contributed by atoms with Crippen molar-refractivity contribution in [3.63, 3.8) is 0 Å². The standard InChI is InChI=1S/C28H52N2O2/c31-19-5-10-27(23-6-2-1-3-7-23)30-28(25-8-4-9-26(32)20-25)24-13-11-21(12-14-24)22-15-17-29-18-16-22/h21-32H,1-20H2/t21?,24?,25?,26?,27-,28?/m1/s1. The number of aliphatic hydroxyl groups excluding tert-OH is 2. The molecule has 3 aliphatic carbocycles. The first-order valence-electron chi connectivity index (χ1n) is 14.5. The van der Waals surface area contributed by atoms with Gasteiger partial charge in [-0.05, 0) is 126 Å². The molecule has 4 rings (SSSR count). The van der Waals surface area contributed by atoms with E-state index in [9.17, 15) is 10.2 Å². The zero-order valence-corrected chi connectivity index (χ0v) is 20.7. The summed E-state index contributed by atoms with van der Waals surface area (Å²) in [5.41, 5.74) is 0. The van der Waals surface area contributed by atoms with E-state index in [1.54, 1.807) is 0 Å². The van der Waals surface area contributed by atoms with Crippen LogP contribution < -0.4 is 10.6 Å². The van der Waals surface area contributed by atoms with E-state index in [1.807, 2.05) is 0 Å². The topological polar surface area (TPSA) is 64.5 Å². The maximum Gasteiger partial charge on any atom is 0.0543 e. The van der Waals surface area contributed by atoms with E-state index < -0.39 is 0 Å². The van der Waals surface area contributed by atoms with Crippen LogP contribution in [0.15, 0.2) is 0 Å². The van der Waals surface area contributed by atoms with E-state index in [4.69, 9.17) is 0 Å². The number of piperidine rings is 1. The molecule has 1 heterocycles. The van der Waals surface area contributed by atoms with Gasteiger partial charge in [0.05, 0.1) is 6.10 Å². The average Bonchev–Trinajstić information content (AvgIpc) is 2.85. The van der Waals surface area contributed by atoms with Gasteiger partial charge in [0.2, 0.25) is 0 Å². The van der Waals surface area contributed by atoms with Crippen molar-refractivity contribution < 1.29 is 10.2 Å². The Labute approximate surface area is 197 Å². The smallest absolute Gasteiger partial charge is 0.0543 e. The number of hydrogen-bond donors (Lipinski definition) is 4. The minimum absolute atomic E-state index is 0.0882. The van der Waals surface area contributed by atoms with Crippen molar-refractivity contribution in [2.75, 3.05) is 19.7 Å². The van der Waals surface area contributed by atoms with Crippen molar-refractivity contribution >= 4 is 0 Å². The molecule has 3 saturated carbocycles. The van der Waals surface area contributed by atoms with E-state index in [1.165, 1.54) is 96.6 Å². The Morgan fingerprint density at radius 1 is 0.719 bits per heavy atom. The Hall–Kier alpha value is -0.160. The Kier molecular flexibility index (Phi) is 10.2. The Morgan fingerprint density at radius 2 is 1.41 bits per heavy atom. The summed E-state index contributed by atoms with van der Waals surface area (Å²) in [6, 6.07) is 1.14. The average molecular weight is 449 g/mol. The van der Waals surface area contributed by atoms with Gasteiger partial charge in [-0.15, -0.1) is 0 Å². The van der Waals surface area contributed by atoms with Crippen LogP contribution in [-0.2, 0) is 0 Å². The van der Waals surface area contributed by atoms with Crippen molar-refractivity contribution in [3.05, 3.63) is 0 Å². The van der Waals surface area contributed by atoms with Gasteiger partial charge in [-0.3, -0.25) is 0 Å². The highest BCUT2D eigenvalue weighted by atomic mass is 16.3. The van der Waals surface area contributed by atoms with Crippen LogP contribution in [0.2, 0.25) is 0 Å². The summed E-state index contributed by atoms with van der Waals surface area (Å²) < 4.78 is 0. The molecule has 0 bridgehead atoms. The largest absolute Gasteiger partial charge is 0.396 e. The van der Waals surface area contributed by atoms with Crippen LogP contribution in [-0.4, -0.2) is 48.1 Å². The van der Waals surface area contributed by atoms with Crippen molar-refractivity contribution in [2.45, 2.75) is 127 Å². The van der Waals surface area contributed by atoms with Crippen LogP contribution >= 0.6 is 0 Å². The molecule has 1 saturated heterocycles. The lowest BCUT2D eigenvalue weighted by molar-refractivity contribution is 0.0524. The molecule has 1 aliphatic heterocycles. The summed E-state index contributed by atoms with van der Waals surface area (Å²) >= 11 is 0. The second-order valence-electron chi connectivity index (χ2n) is 11.9. The molecule has 3 unspecified atom stereocenters. The molecule has 32 heavy (non-hydrogen) atoms. The summed E-state index contributed by atoms with van der Waals surface area (Å²) in [7, 11) is 0.